The van der Waals surface area contributed by atoms with Crippen LogP contribution in [0.1, 0.15) is 12.7 Å². The molecule has 1 N–H and O–H groups in total. The van der Waals surface area contributed by atoms with E-state index in [4.69, 9.17) is 21.1 Å². The largest absolute Gasteiger partial charge is 0.493 e. The van der Waals surface area contributed by atoms with Crippen LogP contribution < -0.4 is 9.47 Å². The maximum absolute atomic E-state index is 5.68. The average molecular weight is 268 g/mol. The third-order valence-electron chi connectivity index (χ3n) is 2.38. The summed E-state index contributed by atoms with van der Waals surface area (Å²) >= 11 is 5.68. The Morgan fingerprint density at radius 1 is 1.33 bits per heavy atom. The van der Waals surface area contributed by atoms with Gasteiger partial charge in [-0.1, -0.05) is 0 Å². The number of alkyl halides is 1. The number of ether oxygens (including phenoxy) is 2. The predicted molar refractivity (Wildman–Crippen MR) is 69.1 cm³/mol. The van der Waals surface area contributed by atoms with Crippen molar-refractivity contribution in [1.29, 1.82) is 0 Å². The molecule has 0 saturated heterocycles. The summed E-state index contributed by atoms with van der Waals surface area (Å²) in [6.07, 6.45) is 0. The minimum atomic E-state index is 0.307. The normalized spacial score (nSPS) is 10.4. The minimum absolute atomic E-state index is 0.307. The lowest BCUT2D eigenvalue weighted by Gasteiger charge is -2.09. The summed E-state index contributed by atoms with van der Waals surface area (Å²) in [5.74, 6) is 2.90. The first-order valence-electron chi connectivity index (χ1n) is 5.57. The summed E-state index contributed by atoms with van der Waals surface area (Å²) in [5, 5.41) is 6.87. The van der Waals surface area contributed by atoms with Gasteiger partial charge in [-0.15, -0.1) is 11.6 Å². The van der Waals surface area contributed by atoms with Crippen molar-refractivity contribution in [2.45, 2.75) is 12.8 Å². The molecule has 5 nitrogen and oxygen atoms in total. The Labute approximate surface area is 110 Å². The molecule has 96 valence electrons. The van der Waals surface area contributed by atoms with Gasteiger partial charge in [0.05, 0.1) is 19.6 Å². The highest BCUT2D eigenvalue weighted by atomic mass is 35.5. The van der Waals surface area contributed by atoms with Crippen molar-refractivity contribution in [3.63, 3.8) is 0 Å². The summed E-state index contributed by atoms with van der Waals surface area (Å²) in [6, 6.07) is 5.56. The topological polar surface area (TPSA) is 60.0 Å². The van der Waals surface area contributed by atoms with Crippen LogP contribution in [0.4, 0.5) is 0 Å². The second-order valence-electron chi connectivity index (χ2n) is 3.54. The number of hydrogen-bond acceptors (Lipinski definition) is 4. The molecule has 0 aliphatic heterocycles. The van der Waals surface area contributed by atoms with E-state index in [9.17, 15) is 0 Å². The van der Waals surface area contributed by atoms with Crippen LogP contribution in [0.25, 0.3) is 11.4 Å². The lowest BCUT2D eigenvalue weighted by atomic mass is 10.2. The Morgan fingerprint density at radius 2 is 2.17 bits per heavy atom. The number of hydrogen-bond donors (Lipinski definition) is 1. The molecular weight excluding hydrogens is 254 g/mol. The smallest absolute Gasteiger partial charge is 0.181 e. The Bertz CT molecular complexity index is 528. The number of nitrogens with zero attached hydrogens (tertiary/aromatic N) is 2. The maximum atomic E-state index is 5.68. The van der Waals surface area contributed by atoms with Crippen molar-refractivity contribution in [3.05, 3.63) is 24.0 Å². The SMILES string of the molecule is CCOc1cc(-c2n[nH]c(CCl)n2)ccc1OC. The summed E-state index contributed by atoms with van der Waals surface area (Å²) in [7, 11) is 1.61. The third kappa shape index (κ3) is 2.56. The van der Waals surface area contributed by atoms with Crippen molar-refractivity contribution in [1.82, 2.24) is 15.2 Å². The summed E-state index contributed by atoms with van der Waals surface area (Å²) in [4.78, 5) is 4.26. The van der Waals surface area contributed by atoms with E-state index in [1.807, 2.05) is 25.1 Å². The van der Waals surface area contributed by atoms with Crippen molar-refractivity contribution in [3.8, 4) is 22.9 Å². The first kappa shape index (κ1) is 12.7. The highest BCUT2D eigenvalue weighted by molar-refractivity contribution is 6.16. The monoisotopic (exact) mass is 267 g/mol. The van der Waals surface area contributed by atoms with Crippen LogP contribution in [0, 0.1) is 0 Å². The van der Waals surface area contributed by atoms with Gasteiger partial charge >= 0.3 is 0 Å². The zero-order valence-electron chi connectivity index (χ0n) is 10.2. The molecule has 2 aromatic rings. The van der Waals surface area contributed by atoms with E-state index >= 15 is 0 Å². The van der Waals surface area contributed by atoms with Gasteiger partial charge < -0.3 is 9.47 Å². The molecule has 1 heterocycles. The van der Waals surface area contributed by atoms with Crippen LogP contribution in [-0.4, -0.2) is 28.9 Å². The van der Waals surface area contributed by atoms with Gasteiger partial charge in [0.25, 0.3) is 0 Å². The van der Waals surface area contributed by atoms with E-state index in [2.05, 4.69) is 15.2 Å². The van der Waals surface area contributed by atoms with Gasteiger partial charge in [0.2, 0.25) is 0 Å². The fourth-order valence-corrected chi connectivity index (χ4v) is 1.69. The number of benzene rings is 1. The molecule has 0 amide bonds. The molecule has 2 rings (SSSR count). The minimum Gasteiger partial charge on any atom is -0.493 e. The quantitative estimate of drug-likeness (QED) is 0.846. The highest BCUT2D eigenvalue weighted by Crippen LogP contribution is 2.31. The van der Waals surface area contributed by atoms with E-state index in [0.717, 1.165) is 5.56 Å². The lowest BCUT2D eigenvalue weighted by molar-refractivity contribution is 0.311. The highest BCUT2D eigenvalue weighted by Gasteiger charge is 2.10. The Morgan fingerprint density at radius 3 is 2.78 bits per heavy atom. The predicted octanol–water partition coefficient (Wildman–Crippen LogP) is 2.62. The standard InChI is InChI=1S/C12H14ClN3O2/c1-3-18-10-6-8(4-5-9(10)17-2)12-14-11(7-13)15-16-12/h4-6H,3,7H2,1-2H3,(H,14,15,16). The van der Waals surface area contributed by atoms with E-state index < -0.39 is 0 Å². The molecule has 0 aliphatic carbocycles. The van der Waals surface area contributed by atoms with Crippen LogP contribution in [0.2, 0.25) is 0 Å². The molecule has 1 aromatic heterocycles. The number of nitrogens with one attached hydrogen (secondary N) is 1. The second kappa shape index (κ2) is 5.73. The van der Waals surface area contributed by atoms with Gasteiger partial charge in [-0.3, -0.25) is 5.10 Å². The fraction of sp³-hybridized carbons (Fsp3) is 0.333. The molecule has 0 spiro atoms. The van der Waals surface area contributed by atoms with Crippen molar-refractivity contribution in [2.75, 3.05) is 13.7 Å². The van der Waals surface area contributed by atoms with E-state index in [1.54, 1.807) is 7.11 Å². The molecule has 0 bridgehead atoms. The number of aromatic amines is 1. The zero-order chi connectivity index (χ0) is 13.0. The first-order valence-corrected chi connectivity index (χ1v) is 6.10. The Kier molecular flexibility index (Phi) is 4.04. The first-order chi connectivity index (χ1) is 8.78. The van der Waals surface area contributed by atoms with Gasteiger partial charge in [0, 0.05) is 5.56 Å². The van der Waals surface area contributed by atoms with E-state index in [0.29, 0.717) is 35.6 Å². The molecule has 0 atom stereocenters. The van der Waals surface area contributed by atoms with Gasteiger partial charge in [0.1, 0.15) is 5.82 Å². The zero-order valence-corrected chi connectivity index (χ0v) is 11.0. The Balaban J connectivity index is 2.36. The van der Waals surface area contributed by atoms with Gasteiger partial charge in [-0.2, -0.15) is 5.10 Å². The van der Waals surface area contributed by atoms with Crippen LogP contribution >= 0.6 is 11.6 Å². The van der Waals surface area contributed by atoms with Crippen LogP contribution in [0.5, 0.6) is 11.5 Å². The number of H-pyrrole nitrogens is 1. The lowest BCUT2D eigenvalue weighted by Crippen LogP contribution is -1.96. The maximum Gasteiger partial charge on any atom is 0.181 e. The Hall–Kier alpha value is -1.75. The molecule has 18 heavy (non-hydrogen) atoms. The van der Waals surface area contributed by atoms with Crippen molar-refractivity contribution >= 4 is 11.6 Å². The van der Waals surface area contributed by atoms with Crippen LogP contribution in [0.15, 0.2) is 18.2 Å². The average Bonchev–Trinajstić information content (AvgIpc) is 2.88. The van der Waals surface area contributed by atoms with Gasteiger partial charge in [-0.25, -0.2) is 4.98 Å². The third-order valence-corrected chi connectivity index (χ3v) is 2.63. The van der Waals surface area contributed by atoms with Gasteiger partial charge in [0.15, 0.2) is 17.3 Å². The summed E-state index contributed by atoms with van der Waals surface area (Å²) in [5.41, 5.74) is 0.854. The molecule has 6 heteroatoms. The molecule has 0 radical (unpaired) electrons. The fourth-order valence-electron chi connectivity index (χ4n) is 1.57. The number of methoxy groups -OCH3 is 1. The summed E-state index contributed by atoms with van der Waals surface area (Å²) < 4.78 is 10.7. The molecule has 0 unspecified atom stereocenters. The number of aromatic nitrogens is 3. The molecule has 0 saturated carbocycles. The van der Waals surface area contributed by atoms with Crippen LogP contribution in [0.3, 0.4) is 0 Å². The number of rotatable bonds is 5. The molecule has 1 aromatic carbocycles. The molecule has 0 aliphatic rings. The van der Waals surface area contributed by atoms with E-state index in [-0.39, 0.29) is 0 Å². The van der Waals surface area contributed by atoms with Crippen LogP contribution in [-0.2, 0) is 5.88 Å². The second-order valence-corrected chi connectivity index (χ2v) is 3.81. The molecule has 0 fully saturated rings. The van der Waals surface area contributed by atoms with Crippen molar-refractivity contribution in [2.24, 2.45) is 0 Å². The van der Waals surface area contributed by atoms with E-state index in [1.165, 1.54) is 0 Å². The summed E-state index contributed by atoms with van der Waals surface area (Å²) in [6.45, 7) is 2.49. The molecular formula is C12H14ClN3O2. The number of halogens is 1. The van der Waals surface area contributed by atoms with Crippen molar-refractivity contribution < 1.29 is 9.47 Å². The van der Waals surface area contributed by atoms with Gasteiger partial charge in [-0.05, 0) is 25.1 Å².